The number of piperidine rings is 1. The van der Waals surface area contributed by atoms with E-state index in [2.05, 4.69) is 15.6 Å². The number of carbonyl (C=O) groups excluding carboxylic acids is 2. The lowest BCUT2D eigenvalue weighted by Gasteiger charge is -2.33. The summed E-state index contributed by atoms with van der Waals surface area (Å²) in [5.74, 6) is -0.0555. The molecule has 6 nitrogen and oxygen atoms in total. The van der Waals surface area contributed by atoms with Gasteiger partial charge in [-0.3, -0.25) is 4.79 Å². The van der Waals surface area contributed by atoms with Gasteiger partial charge in [0.2, 0.25) is 5.91 Å². The Morgan fingerprint density at radius 1 is 1.29 bits per heavy atom. The van der Waals surface area contributed by atoms with Crippen molar-refractivity contribution in [3.8, 4) is 10.6 Å². The molecule has 1 aromatic carbocycles. The Morgan fingerprint density at radius 2 is 2.08 bits per heavy atom. The van der Waals surface area contributed by atoms with Gasteiger partial charge in [0.05, 0.1) is 0 Å². The zero-order chi connectivity index (χ0) is 16.9. The number of benzene rings is 1. The van der Waals surface area contributed by atoms with Crippen molar-refractivity contribution in [1.82, 2.24) is 15.2 Å². The van der Waals surface area contributed by atoms with E-state index in [-0.39, 0.29) is 18.0 Å². The van der Waals surface area contributed by atoms with Crippen LogP contribution in [-0.4, -0.2) is 41.0 Å². The summed E-state index contributed by atoms with van der Waals surface area (Å²) in [6.45, 7) is 2.75. The van der Waals surface area contributed by atoms with Crippen LogP contribution in [0, 0.1) is 0 Å². The fourth-order valence-electron chi connectivity index (χ4n) is 2.83. The highest BCUT2D eigenvalue weighted by Crippen LogP contribution is 2.23. The molecule has 1 atom stereocenters. The fourth-order valence-corrected chi connectivity index (χ4v) is 3.48. The fraction of sp³-hybridized carbons (Fsp3) is 0.353. The molecular formula is C17H20N4O2S. The van der Waals surface area contributed by atoms with E-state index in [1.807, 2.05) is 29.6 Å². The quantitative estimate of drug-likeness (QED) is 0.899. The average molecular weight is 344 g/mol. The molecule has 1 fully saturated rings. The first kappa shape index (κ1) is 16.4. The van der Waals surface area contributed by atoms with Crippen LogP contribution in [0.25, 0.3) is 10.6 Å². The molecule has 3 rings (SSSR count). The average Bonchev–Trinajstić information content (AvgIpc) is 3.09. The molecular weight excluding hydrogens is 324 g/mol. The number of likely N-dealkylation sites (tertiary alicyclic amines) is 1. The van der Waals surface area contributed by atoms with Crippen molar-refractivity contribution < 1.29 is 9.59 Å². The van der Waals surface area contributed by atoms with Gasteiger partial charge in [0.1, 0.15) is 5.01 Å². The number of nitrogens with one attached hydrogen (secondary N) is 2. The van der Waals surface area contributed by atoms with Crippen molar-refractivity contribution >= 4 is 29.0 Å². The molecule has 3 amide bonds. The highest BCUT2D eigenvalue weighted by atomic mass is 32.1. The summed E-state index contributed by atoms with van der Waals surface area (Å²) in [6, 6.07) is 7.56. The number of urea groups is 1. The SMILES string of the molecule is CC(=O)N[C@H]1CCCN(C(=O)Nc2ccc(-c3nccs3)cc2)C1. The van der Waals surface area contributed by atoms with E-state index in [9.17, 15) is 9.59 Å². The maximum absolute atomic E-state index is 12.4. The van der Waals surface area contributed by atoms with Crippen LogP contribution >= 0.6 is 11.3 Å². The largest absolute Gasteiger partial charge is 0.352 e. The lowest BCUT2D eigenvalue weighted by atomic mass is 10.1. The summed E-state index contributed by atoms with van der Waals surface area (Å²) >= 11 is 1.58. The molecule has 24 heavy (non-hydrogen) atoms. The van der Waals surface area contributed by atoms with Crippen LogP contribution in [0.1, 0.15) is 19.8 Å². The standard InChI is InChI=1S/C17H20N4O2S/c1-12(22)19-15-3-2-9-21(11-15)17(23)20-14-6-4-13(5-7-14)16-18-8-10-24-16/h4-8,10,15H,2-3,9,11H2,1H3,(H,19,22)(H,20,23)/t15-/m0/s1. The van der Waals surface area contributed by atoms with Gasteiger partial charge in [-0.05, 0) is 37.1 Å². The topological polar surface area (TPSA) is 74.3 Å². The molecule has 0 spiro atoms. The first-order valence-corrected chi connectivity index (χ1v) is 8.83. The third-order valence-corrected chi connectivity index (χ3v) is 4.75. The summed E-state index contributed by atoms with van der Waals surface area (Å²) in [5.41, 5.74) is 1.79. The molecule has 0 radical (unpaired) electrons. The second-order valence-electron chi connectivity index (χ2n) is 5.83. The lowest BCUT2D eigenvalue weighted by molar-refractivity contribution is -0.119. The molecule has 2 aromatic rings. The Labute approximate surface area is 144 Å². The zero-order valence-corrected chi connectivity index (χ0v) is 14.3. The van der Waals surface area contributed by atoms with Crippen LogP contribution in [0.2, 0.25) is 0 Å². The van der Waals surface area contributed by atoms with Gasteiger partial charge >= 0.3 is 6.03 Å². The molecule has 1 saturated heterocycles. The molecule has 2 heterocycles. The normalized spacial score (nSPS) is 17.4. The van der Waals surface area contributed by atoms with Crippen molar-refractivity contribution in [1.29, 1.82) is 0 Å². The Balaban J connectivity index is 1.59. The molecule has 7 heteroatoms. The number of anilines is 1. The summed E-state index contributed by atoms with van der Waals surface area (Å²) in [4.78, 5) is 29.6. The van der Waals surface area contributed by atoms with Gasteiger partial charge in [0.25, 0.3) is 0 Å². The molecule has 1 aliphatic heterocycles. The van der Waals surface area contributed by atoms with Crippen molar-refractivity contribution in [2.24, 2.45) is 0 Å². The van der Waals surface area contributed by atoms with E-state index >= 15 is 0 Å². The Kier molecular flexibility index (Phi) is 5.10. The smallest absolute Gasteiger partial charge is 0.321 e. The van der Waals surface area contributed by atoms with Crippen LogP contribution in [0.5, 0.6) is 0 Å². The predicted molar refractivity (Wildman–Crippen MR) is 95.0 cm³/mol. The molecule has 1 aliphatic rings. The minimum Gasteiger partial charge on any atom is -0.352 e. The van der Waals surface area contributed by atoms with Crippen LogP contribution in [-0.2, 0) is 4.79 Å². The van der Waals surface area contributed by atoms with Gasteiger partial charge in [-0.15, -0.1) is 11.3 Å². The number of hydrogen-bond donors (Lipinski definition) is 2. The van der Waals surface area contributed by atoms with Gasteiger partial charge in [0, 0.05) is 48.9 Å². The van der Waals surface area contributed by atoms with Gasteiger partial charge in [0.15, 0.2) is 0 Å². The molecule has 0 saturated carbocycles. The maximum atomic E-state index is 12.4. The molecule has 0 aliphatic carbocycles. The Bertz CT molecular complexity index is 700. The van der Waals surface area contributed by atoms with Crippen molar-refractivity contribution in [2.45, 2.75) is 25.8 Å². The lowest BCUT2D eigenvalue weighted by Crippen LogP contribution is -2.50. The summed E-state index contributed by atoms with van der Waals surface area (Å²) in [7, 11) is 0. The van der Waals surface area contributed by atoms with Crippen molar-refractivity contribution in [3.63, 3.8) is 0 Å². The van der Waals surface area contributed by atoms with E-state index in [1.165, 1.54) is 6.92 Å². The van der Waals surface area contributed by atoms with Gasteiger partial charge in [-0.1, -0.05) is 0 Å². The number of amides is 3. The first-order valence-electron chi connectivity index (χ1n) is 7.95. The van der Waals surface area contributed by atoms with Crippen molar-refractivity contribution in [3.05, 3.63) is 35.8 Å². The second-order valence-corrected chi connectivity index (χ2v) is 6.73. The maximum Gasteiger partial charge on any atom is 0.321 e. The second kappa shape index (κ2) is 7.44. The summed E-state index contributed by atoms with van der Waals surface area (Å²) in [6.07, 6.45) is 3.57. The Morgan fingerprint density at radius 3 is 2.75 bits per heavy atom. The van der Waals surface area contributed by atoms with Gasteiger partial charge in [-0.2, -0.15) is 0 Å². The molecule has 2 N–H and O–H groups in total. The van der Waals surface area contributed by atoms with Crippen LogP contribution < -0.4 is 10.6 Å². The zero-order valence-electron chi connectivity index (χ0n) is 13.5. The first-order chi connectivity index (χ1) is 11.6. The Hall–Kier alpha value is -2.41. The minimum absolute atomic E-state index is 0.0364. The number of carbonyl (C=O) groups is 2. The molecule has 0 bridgehead atoms. The number of hydrogen-bond acceptors (Lipinski definition) is 4. The van der Waals surface area contributed by atoms with E-state index in [1.54, 1.807) is 22.4 Å². The highest BCUT2D eigenvalue weighted by Gasteiger charge is 2.24. The number of nitrogens with zero attached hydrogens (tertiary/aromatic N) is 2. The third-order valence-electron chi connectivity index (χ3n) is 3.93. The molecule has 126 valence electrons. The number of thiazole rings is 1. The van der Waals surface area contributed by atoms with Gasteiger partial charge in [-0.25, -0.2) is 9.78 Å². The number of rotatable bonds is 3. The van der Waals surface area contributed by atoms with Crippen LogP contribution in [0.15, 0.2) is 35.8 Å². The molecule has 0 unspecified atom stereocenters. The number of aromatic nitrogens is 1. The summed E-state index contributed by atoms with van der Waals surface area (Å²) in [5, 5.41) is 8.70. The van der Waals surface area contributed by atoms with E-state index < -0.39 is 0 Å². The minimum atomic E-state index is -0.132. The van der Waals surface area contributed by atoms with E-state index in [4.69, 9.17) is 0 Å². The molecule has 1 aromatic heterocycles. The van der Waals surface area contributed by atoms with E-state index in [0.29, 0.717) is 13.1 Å². The van der Waals surface area contributed by atoms with Gasteiger partial charge < -0.3 is 15.5 Å². The predicted octanol–water partition coefficient (Wildman–Crippen LogP) is 2.94. The monoisotopic (exact) mass is 344 g/mol. The summed E-state index contributed by atoms with van der Waals surface area (Å²) < 4.78 is 0. The van der Waals surface area contributed by atoms with Crippen LogP contribution in [0.4, 0.5) is 10.5 Å². The van der Waals surface area contributed by atoms with E-state index in [0.717, 1.165) is 29.1 Å². The van der Waals surface area contributed by atoms with Crippen molar-refractivity contribution in [2.75, 3.05) is 18.4 Å². The third kappa shape index (κ3) is 4.11. The van der Waals surface area contributed by atoms with Crippen LogP contribution in [0.3, 0.4) is 0 Å². The highest BCUT2D eigenvalue weighted by molar-refractivity contribution is 7.13.